The fourth-order valence-corrected chi connectivity index (χ4v) is 8.43. The lowest BCUT2D eigenvalue weighted by atomic mass is 9.51. The summed E-state index contributed by atoms with van der Waals surface area (Å²) in [5, 5.41) is 31.1. The number of aromatic hydroxyl groups is 1. The molecule has 4 amide bonds. The van der Waals surface area contributed by atoms with E-state index in [0.29, 0.717) is 23.2 Å². The molecule has 0 bridgehead atoms. The Morgan fingerprint density at radius 3 is 2.33 bits per heavy atom. The second kappa shape index (κ2) is 10.9. The largest absolute Gasteiger partial charge is 0.507 e. The average molecular weight is 616 g/mol. The number of imide groups is 2. The first-order chi connectivity index (χ1) is 22.1. The number of hydrogen-bond donors (Lipinski definition) is 3. The number of allylic oxidation sites excluding steroid dienone is 3. The van der Waals surface area contributed by atoms with Crippen molar-refractivity contribution < 1.29 is 34.3 Å². The predicted octanol–water partition coefficient (Wildman–Crippen LogP) is 3.24. The van der Waals surface area contributed by atoms with Gasteiger partial charge in [-0.2, -0.15) is 0 Å². The minimum absolute atomic E-state index is 0.0179. The van der Waals surface area contributed by atoms with Crippen LogP contribution in [0, 0.1) is 29.1 Å². The molecule has 0 spiro atoms. The Labute approximate surface area is 266 Å². The minimum Gasteiger partial charge on any atom is -0.507 e. The van der Waals surface area contributed by atoms with Crippen LogP contribution in [0.2, 0.25) is 0 Å². The van der Waals surface area contributed by atoms with Gasteiger partial charge in [-0.1, -0.05) is 66.3 Å². The van der Waals surface area contributed by atoms with Crippen LogP contribution < -0.4 is 15.3 Å². The van der Waals surface area contributed by atoms with E-state index in [-0.39, 0.29) is 41.6 Å². The predicted molar refractivity (Wildman–Crippen MR) is 172 cm³/mol. The zero-order valence-corrected chi connectivity index (χ0v) is 25.2. The first-order valence-corrected chi connectivity index (χ1v) is 15.5. The van der Waals surface area contributed by atoms with E-state index >= 15 is 0 Å². The van der Waals surface area contributed by atoms with E-state index in [0.717, 1.165) is 10.5 Å². The molecule has 9 nitrogen and oxygen atoms in total. The summed E-state index contributed by atoms with van der Waals surface area (Å²) in [6.45, 7) is 5.59. The number of anilines is 2. The fourth-order valence-electron chi connectivity index (χ4n) is 8.43. The van der Waals surface area contributed by atoms with Crippen LogP contribution in [-0.4, -0.2) is 45.9 Å². The van der Waals surface area contributed by atoms with Crippen molar-refractivity contribution >= 4 is 47.6 Å². The molecule has 7 rings (SSSR count). The van der Waals surface area contributed by atoms with Gasteiger partial charge in [0.05, 0.1) is 34.5 Å². The number of phenolic OH excluding ortho intramolecular Hbond substituents is 1. The molecule has 1 saturated carbocycles. The van der Waals surface area contributed by atoms with Gasteiger partial charge in [0, 0.05) is 11.5 Å². The molecule has 232 valence electrons. The molecule has 3 aromatic carbocycles. The van der Waals surface area contributed by atoms with Crippen molar-refractivity contribution in [3.05, 3.63) is 108 Å². The topological polar surface area (TPSA) is 135 Å². The monoisotopic (exact) mass is 616 g/mol. The van der Waals surface area contributed by atoms with E-state index < -0.39 is 53.9 Å². The Bertz CT molecular complexity index is 1840. The highest BCUT2D eigenvalue weighted by Crippen LogP contribution is 2.64. The summed E-state index contributed by atoms with van der Waals surface area (Å²) in [5.41, 5.74) is 1.46. The van der Waals surface area contributed by atoms with Crippen LogP contribution >= 0.6 is 0 Å². The van der Waals surface area contributed by atoms with Crippen molar-refractivity contribution in [1.82, 2.24) is 0 Å². The van der Waals surface area contributed by atoms with Gasteiger partial charge in [-0.15, -0.1) is 6.58 Å². The number of phenols is 1. The molecule has 3 N–H and O–H groups in total. The van der Waals surface area contributed by atoms with Gasteiger partial charge < -0.3 is 15.2 Å². The van der Waals surface area contributed by atoms with Crippen LogP contribution in [0.1, 0.15) is 36.8 Å². The Morgan fingerprint density at radius 2 is 1.61 bits per heavy atom. The van der Waals surface area contributed by atoms with Gasteiger partial charge in [0.25, 0.3) is 0 Å². The summed E-state index contributed by atoms with van der Waals surface area (Å²) in [7, 11) is -1.77. The fraction of sp³-hybridized carbons (Fsp3) is 0.278. The highest BCUT2D eigenvalue weighted by molar-refractivity contribution is 6.58. The van der Waals surface area contributed by atoms with Crippen LogP contribution in [0.4, 0.5) is 11.4 Å². The third kappa shape index (κ3) is 4.17. The summed E-state index contributed by atoms with van der Waals surface area (Å²) in [6, 6.07) is 20.2. The van der Waals surface area contributed by atoms with E-state index in [1.807, 2.05) is 12.1 Å². The van der Waals surface area contributed by atoms with Crippen LogP contribution in [0.15, 0.2) is 97.1 Å². The standard InChI is InChI=1S/C36H33BN2O7/c1-3-9-20-10-7-15-26(31(20)40)30-24-16-17-25-29(34(43)38(32(25)41)23-14-8-11-21(18-23)37(45)46)27(24)19-28-33(42)39(35(44)36(28,30)2)22-12-5-4-6-13-22/h3-8,10-16,18,25,27-30,40,45-46H,1,9,17,19H2,2H3. The maximum atomic E-state index is 14.5. The summed E-state index contributed by atoms with van der Waals surface area (Å²) >= 11 is 0. The summed E-state index contributed by atoms with van der Waals surface area (Å²) in [5.74, 6) is -5.14. The zero-order valence-electron chi connectivity index (χ0n) is 25.2. The minimum atomic E-state index is -1.77. The van der Waals surface area contributed by atoms with Gasteiger partial charge in [-0.3, -0.25) is 24.1 Å². The van der Waals surface area contributed by atoms with Gasteiger partial charge in [0.15, 0.2) is 0 Å². The molecule has 46 heavy (non-hydrogen) atoms. The lowest BCUT2D eigenvalue weighted by molar-refractivity contribution is -0.131. The SMILES string of the molecule is C=CCc1cccc(C2C3=CCC4C(=O)N(c5cccc(B(O)O)c5)C(=O)C4C3CC3C(=O)N(c4ccccc4)C(=O)C32C)c1O. The zero-order chi connectivity index (χ0) is 32.5. The number of fused-ring (bicyclic) bond motifs is 4. The number of carbonyl (C=O) groups is 4. The van der Waals surface area contributed by atoms with Crippen molar-refractivity contribution in [3.8, 4) is 5.75 Å². The molecule has 6 unspecified atom stereocenters. The number of benzene rings is 3. The normalized spacial score (nSPS) is 28.5. The van der Waals surface area contributed by atoms with Crippen LogP contribution in [0.5, 0.6) is 5.75 Å². The molecule has 2 saturated heterocycles. The smallest absolute Gasteiger partial charge is 0.488 e. The summed E-state index contributed by atoms with van der Waals surface area (Å²) in [4.78, 5) is 59.3. The van der Waals surface area contributed by atoms with Gasteiger partial charge in [0.1, 0.15) is 5.75 Å². The Hall–Kier alpha value is -4.80. The third-order valence-corrected chi connectivity index (χ3v) is 10.5. The molecular weight excluding hydrogens is 583 g/mol. The van der Waals surface area contributed by atoms with Crippen LogP contribution in [0.25, 0.3) is 0 Å². The first-order valence-electron chi connectivity index (χ1n) is 15.5. The van der Waals surface area contributed by atoms with E-state index in [2.05, 4.69) is 6.58 Å². The number of hydrogen-bond acceptors (Lipinski definition) is 7. The number of amides is 4. The van der Waals surface area contributed by atoms with E-state index in [1.165, 1.54) is 17.0 Å². The average Bonchev–Trinajstić information content (AvgIpc) is 3.42. The third-order valence-electron chi connectivity index (χ3n) is 10.5. The van der Waals surface area contributed by atoms with Crippen LogP contribution in [-0.2, 0) is 25.6 Å². The lowest BCUT2D eigenvalue weighted by Gasteiger charge is -2.49. The molecule has 2 aliphatic heterocycles. The van der Waals surface area contributed by atoms with Crippen molar-refractivity contribution in [2.45, 2.75) is 32.1 Å². The summed E-state index contributed by atoms with van der Waals surface area (Å²) < 4.78 is 0. The molecule has 6 atom stereocenters. The Kier molecular flexibility index (Phi) is 7.10. The maximum absolute atomic E-state index is 14.5. The van der Waals surface area contributed by atoms with Crippen molar-refractivity contribution in [2.75, 3.05) is 9.80 Å². The second-order valence-electron chi connectivity index (χ2n) is 12.8. The number of carbonyl (C=O) groups excluding carboxylic acids is 4. The highest BCUT2D eigenvalue weighted by atomic mass is 16.4. The molecule has 10 heteroatoms. The molecule has 0 aromatic heterocycles. The Balaban J connectivity index is 1.37. The number of rotatable bonds is 6. The molecule has 0 radical (unpaired) electrons. The number of para-hydroxylation sites is 2. The lowest BCUT2D eigenvalue weighted by Crippen LogP contribution is -2.49. The molecule has 2 heterocycles. The van der Waals surface area contributed by atoms with Crippen molar-refractivity contribution in [2.24, 2.45) is 29.1 Å². The van der Waals surface area contributed by atoms with E-state index in [4.69, 9.17) is 0 Å². The summed E-state index contributed by atoms with van der Waals surface area (Å²) in [6.07, 6.45) is 4.44. The van der Waals surface area contributed by atoms with Crippen molar-refractivity contribution in [1.29, 1.82) is 0 Å². The quantitative estimate of drug-likeness (QED) is 0.220. The van der Waals surface area contributed by atoms with Gasteiger partial charge in [0.2, 0.25) is 23.6 Å². The van der Waals surface area contributed by atoms with Gasteiger partial charge in [-0.25, -0.2) is 4.90 Å². The molecule has 4 aliphatic rings. The van der Waals surface area contributed by atoms with Gasteiger partial charge >= 0.3 is 7.12 Å². The number of nitrogens with zero attached hydrogens (tertiary/aromatic N) is 2. The maximum Gasteiger partial charge on any atom is 0.488 e. The van der Waals surface area contributed by atoms with Gasteiger partial charge in [-0.05, 0) is 67.4 Å². The molecular formula is C36H33BN2O7. The molecule has 3 fully saturated rings. The second-order valence-corrected chi connectivity index (χ2v) is 12.8. The van der Waals surface area contributed by atoms with Crippen LogP contribution in [0.3, 0.4) is 0 Å². The Morgan fingerprint density at radius 1 is 0.891 bits per heavy atom. The molecule has 2 aliphatic carbocycles. The van der Waals surface area contributed by atoms with Crippen molar-refractivity contribution in [3.63, 3.8) is 0 Å². The first kappa shape index (κ1) is 29.9. The van der Waals surface area contributed by atoms with E-state index in [1.54, 1.807) is 67.6 Å². The van der Waals surface area contributed by atoms with E-state index in [9.17, 15) is 34.3 Å². The molecule has 3 aromatic rings. The highest BCUT2D eigenvalue weighted by Gasteiger charge is 2.68.